The third-order valence-corrected chi connectivity index (χ3v) is 5.90. The number of nitro groups is 1. The molecule has 1 aliphatic rings. The molecule has 2 aromatic rings. The molecule has 3 rings (SSSR count). The monoisotopic (exact) mass is 485 g/mol. The fraction of sp³-hybridized carbons (Fsp3) is 0.316. The van der Waals surface area contributed by atoms with Gasteiger partial charge in [0, 0.05) is 21.2 Å². The number of nitrogens with zero attached hydrogens (tertiary/aromatic N) is 1. The molecule has 3 N–H and O–H groups in total. The van der Waals surface area contributed by atoms with Crippen LogP contribution >= 0.6 is 27.5 Å². The smallest absolute Gasteiger partial charge is 0.242 e. The molecule has 0 aliphatic carbocycles. The first kappa shape index (κ1) is 21.6. The van der Waals surface area contributed by atoms with Crippen molar-refractivity contribution in [1.29, 1.82) is 0 Å². The van der Waals surface area contributed by atoms with Gasteiger partial charge in [-0.2, -0.15) is 0 Å². The predicted octanol–water partition coefficient (Wildman–Crippen LogP) is 3.25. The van der Waals surface area contributed by atoms with Crippen LogP contribution < -0.4 is 10.6 Å². The summed E-state index contributed by atoms with van der Waals surface area (Å²) in [6.07, 6.45) is 0. The number of aryl methyl sites for hydroxylation is 1. The van der Waals surface area contributed by atoms with Crippen LogP contribution in [0.2, 0.25) is 5.02 Å². The van der Waals surface area contributed by atoms with Crippen LogP contribution in [0.5, 0.6) is 0 Å². The molecular formula is C19H18BrClFN3O4. The Morgan fingerprint density at radius 2 is 2.14 bits per heavy atom. The van der Waals surface area contributed by atoms with E-state index in [1.165, 1.54) is 12.1 Å². The number of amides is 1. The van der Waals surface area contributed by atoms with Gasteiger partial charge in [-0.25, -0.2) is 4.39 Å². The van der Waals surface area contributed by atoms with Crippen molar-refractivity contribution in [3.63, 3.8) is 0 Å². The van der Waals surface area contributed by atoms with Gasteiger partial charge < -0.3 is 10.4 Å². The Hall–Kier alpha value is -2.07. The molecule has 1 aliphatic heterocycles. The molecule has 154 valence electrons. The van der Waals surface area contributed by atoms with E-state index in [2.05, 4.69) is 26.6 Å². The fourth-order valence-electron chi connectivity index (χ4n) is 3.64. The molecular weight excluding hydrogens is 469 g/mol. The van der Waals surface area contributed by atoms with Crippen molar-refractivity contribution in [2.75, 3.05) is 11.9 Å². The normalized spacial score (nSPS) is 23.8. The molecule has 0 aromatic heterocycles. The van der Waals surface area contributed by atoms with E-state index in [0.717, 1.165) is 5.56 Å². The van der Waals surface area contributed by atoms with Crippen molar-refractivity contribution in [3.05, 3.63) is 73.0 Å². The molecule has 4 atom stereocenters. The number of rotatable bonds is 5. The number of benzene rings is 2. The Morgan fingerprint density at radius 1 is 1.41 bits per heavy atom. The Labute approximate surface area is 179 Å². The summed E-state index contributed by atoms with van der Waals surface area (Å²) in [6, 6.07) is 5.85. The minimum absolute atomic E-state index is 0.0208. The van der Waals surface area contributed by atoms with Crippen LogP contribution in [0.1, 0.15) is 17.0 Å². The summed E-state index contributed by atoms with van der Waals surface area (Å²) in [5.41, 5.74) is 1.21. The van der Waals surface area contributed by atoms with Gasteiger partial charge in [-0.3, -0.25) is 20.2 Å². The van der Waals surface area contributed by atoms with Gasteiger partial charge >= 0.3 is 0 Å². The van der Waals surface area contributed by atoms with Crippen LogP contribution in [-0.4, -0.2) is 40.7 Å². The molecule has 0 spiro atoms. The molecule has 7 nitrogen and oxygen atoms in total. The van der Waals surface area contributed by atoms with Crippen LogP contribution in [0, 0.1) is 22.9 Å². The average Bonchev–Trinajstić information content (AvgIpc) is 3.06. The van der Waals surface area contributed by atoms with E-state index in [9.17, 15) is 24.4 Å². The highest BCUT2D eigenvalue weighted by molar-refractivity contribution is 9.10. The number of aliphatic hydroxyl groups is 1. The van der Waals surface area contributed by atoms with Crippen molar-refractivity contribution < 1.29 is 19.2 Å². The number of carbonyl (C=O) groups is 1. The molecule has 0 bridgehead atoms. The van der Waals surface area contributed by atoms with Gasteiger partial charge in [0.25, 0.3) is 0 Å². The number of carbonyl (C=O) groups excluding carboxylic acids is 1. The Kier molecular flexibility index (Phi) is 6.52. The number of anilines is 1. The SMILES string of the molecule is Cc1ccc(Cl)cc1NC(=O)[C@@H]1N[C@@H](CO)[C@@H]([N+](=O)[O-])[C@@H]1c1cccc(Br)c1F. The van der Waals surface area contributed by atoms with Crippen LogP contribution in [0.4, 0.5) is 10.1 Å². The Morgan fingerprint density at radius 3 is 2.79 bits per heavy atom. The van der Waals surface area contributed by atoms with Gasteiger partial charge in [0.05, 0.1) is 23.0 Å². The number of hydrogen-bond donors (Lipinski definition) is 3. The van der Waals surface area contributed by atoms with Crippen LogP contribution in [0.25, 0.3) is 0 Å². The highest BCUT2D eigenvalue weighted by atomic mass is 79.9. The van der Waals surface area contributed by atoms with Gasteiger partial charge in [0.1, 0.15) is 11.9 Å². The molecule has 0 unspecified atom stereocenters. The zero-order valence-corrected chi connectivity index (χ0v) is 17.6. The summed E-state index contributed by atoms with van der Waals surface area (Å²) < 4.78 is 14.9. The van der Waals surface area contributed by atoms with Crippen molar-refractivity contribution in [2.45, 2.75) is 31.0 Å². The second kappa shape index (κ2) is 8.74. The summed E-state index contributed by atoms with van der Waals surface area (Å²) in [7, 11) is 0. The van der Waals surface area contributed by atoms with Gasteiger partial charge in [-0.05, 0) is 46.6 Å². The molecule has 10 heteroatoms. The van der Waals surface area contributed by atoms with E-state index in [1.807, 2.05) is 0 Å². The highest BCUT2D eigenvalue weighted by Crippen LogP contribution is 2.37. The zero-order valence-electron chi connectivity index (χ0n) is 15.2. The molecule has 2 aromatic carbocycles. The third-order valence-electron chi connectivity index (χ3n) is 5.05. The lowest BCUT2D eigenvalue weighted by Crippen LogP contribution is -2.43. The number of hydrogen-bond acceptors (Lipinski definition) is 5. The van der Waals surface area contributed by atoms with Gasteiger partial charge in [-0.1, -0.05) is 29.8 Å². The largest absolute Gasteiger partial charge is 0.394 e. The molecule has 29 heavy (non-hydrogen) atoms. The first-order valence-corrected chi connectivity index (χ1v) is 9.93. The topological polar surface area (TPSA) is 104 Å². The fourth-order valence-corrected chi connectivity index (χ4v) is 4.19. The molecule has 1 heterocycles. The van der Waals surface area contributed by atoms with Crippen molar-refractivity contribution >= 4 is 39.1 Å². The van der Waals surface area contributed by atoms with Gasteiger partial charge in [0.15, 0.2) is 0 Å². The lowest BCUT2D eigenvalue weighted by Gasteiger charge is -2.21. The molecule has 1 amide bonds. The van der Waals surface area contributed by atoms with Crippen LogP contribution in [0.3, 0.4) is 0 Å². The summed E-state index contributed by atoms with van der Waals surface area (Å²) in [5.74, 6) is -2.39. The maximum atomic E-state index is 14.8. The Bertz CT molecular complexity index is 961. The Balaban J connectivity index is 2.02. The van der Waals surface area contributed by atoms with Crippen LogP contribution in [0.15, 0.2) is 40.9 Å². The summed E-state index contributed by atoms with van der Waals surface area (Å²) in [5, 5.41) is 27.3. The summed E-state index contributed by atoms with van der Waals surface area (Å²) in [4.78, 5) is 24.2. The third kappa shape index (κ3) is 4.28. The van der Waals surface area contributed by atoms with Gasteiger partial charge in [-0.15, -0.1) is 0 Å². The molecule has 0 radical (unpaired) electrons. The second-order valence-corrected chi connectivity index (χ2v) is 8.12. The molecule has 1 fully saturated rings. The summed E-state index contributed by atoms with van der Waals surface area (Å²) in [6.45, 7) is 1.20. The molecule has 0 saturated carbocycles. The van der Waals surface area contributed by atoms with E-state index in [0.29, 0.717) is 10.7 Å². The maximum absolute atomic E-state index is 14.8. The van der Waals surface area contributed by atoms with E-state index in [4.69, 9.17) is 11.6 Å². The summed E-state index contributed by atoms with van der Waals surface area (Å²) >= 11 is 9.07. The number of nitrogens with one attached hydrogen (secondary N) is 2. The number of halogens is 3. The van der Waals surface area contributed by atoms with E-state index < -0.39 is 47.3 Å². The minimum Gasteiger partial charge on any atom is -0.394 e. The quantitative estimate of drug-likeness (QED) is 0.445. The molecule has 1 saturated heterocycles. The lowest BCUT2D eigenvalue weighted by molar-refractivity contribution is -0.527. The van der Waals surface area contributed by atoms with Crippen molar-refractivity contribution in [2.24, 2.45) is 0 Å². The average molecular weight is 487 g/mol. The van der Waals surface area contributed by atoms with Gasteiger partial charge in [0.2, 0.25) is 11.9 Å². The predicted molar refractivity (Wildman–Crippen MR) is 110 cm³/mol. The van der Waals surface area contributed by atoms with E-state index >= 15 is 0 Å². The number of aliphatic hydroxyl groups excluding tert-OH is 1. The maximum Gasteiger partial charge on any atom is 0.242 e. The first-order chi connectivity index (χ1) is 13.7. The van der Waals surface area contributed by atoms with E-state index in [-0.39, 0.29) is 10.0 Å². The van der Waals surface area contributed by atoms with Crippen molar-refractivity contribution in [1.82, 2.24) is 5.32 Å². The minimum atomic E-state index is -1.39. The van der Waals surface area contributed by atoms with Crippen molar-refractivity contribution in [3.8, 4) is 0 Å². The highest BCUT2D eigenvalue weighted by Gasteiger charge is 2.54. The van der Waals surface area contributed by atoms with E-state index in [1.54, 1.807) is 31.2 Å². The zero-order chi connectivity index (χ0) is 21.3. The lowest BCUT2D eigenvalue weighted by atomic mass is 9.86. The first-order valence-electron chi connectivity index (χ1n) is 8.76. The second-order valence-electron chi connectivity index (χ2n) is 6.83. The van der Waals surface area contributed by atoms with Crippen LogP contribution in [-0.2, 0) is 4.79 Å². The standard InChI is InChI=1S/C19H18BrClFN3O4/c1-9-5-6-10(21)7-13(9)24-19(27)17-15(11-3-2-4-12(20)16(11)22)18(25(28)29)14(8-26)23-17/h2-7,14-15,17-18,23,26H,8H2,1H3,(H,24,27)/t14-,15+,17+,18+/m0/s1.